The molecule has 20 heavy (non-hydrogen) atoms. The maximum Gasteiger partial charge on any atom is 0.224 e. The number of carbonyl (C=O) groups is 2. The Balaban J connectivity index is 1.95. The van der Waals surface area contributed by atoms with E-state index in [-0.39, 0.29) is 24.3 Å². The zero-order chi connectivity index (χ0) is 14.5. The van der Waals surface area contributed by atoms with E-state index in [0.29, 0.717) is 24.5 Å². The Kier molecular flexibility index (Phi) is 4.45. The lowest BCUT2D eigenvalue weighted by Crippen LogP contribution is -2.37. The second kappa shape index (κ2) is 6.27. The van der Waals surface area contributed by atoms with Crippen LogP contribution in [-0.4, -0.2) is 38.6 Å². The summed E-state index contributed by atoms with van der Waals surface area (Å²) in [6, 6.07) is 5.24. The third-order valence-corrected chi connectivity index (χ3v) is 3.16. The quantitative estimate of drug-likeness (QED) is 0.809. The average molecular weight is 278 g/mol. The molecule has 6 nitrogen and oxygen atoms in total. The van der Waals surface area contributed by atoms with Crippen molar-refractivity contribution in [3.05, 3.63) is 23.8 Å². The Labute approximate surface area is 117 Å². The van der Waals surface area contributed by atoms with E-state index >= 15 is 0 Å². The van der Waals surface area contributed by atoms with Gasteiger partial charge >= 0.3 is 0 Å². The molecule has 2 rings (SSSR count). The summed E-state index contributed by atoms with van der Waals surface area (Å²) < 4.78 is 10.3. The Hall–Kier alpha value is -2.24. The zero-order valence-corrected chi connectivity index (χ0v) is 11.6. The van der Waals surface area contributed by atoms with E-state index in [4.69, 9.17) is 9.47 Å². The van der Waals surface area contributed by atoms with Crippen LogP contribution in [0, 0.1) is 0 Å². The number of amides is 2. The topological polar surface area (TPSA) is 76.7 Å². The standard InChI is InChI=1S/C14H18N2O4/c1-19-11-4-3-9(5-12(11)20-2)6-14(18)16-10-7-13(17)15-8-10/h3-5,10H,6-8H2,1-2H3,(H,15,17)(H,16,18). The van der Waals surface area contributed by atoms with Gasteiger partial charge in [0.1, 0.15) is 0 Å². The molecule has 0 saturated carbocycles. The fourth-order valence-corrected chi connectivity index (χ4v) is 2.16. The molecular weight excluding hydrogens is 260 g/mol. The summed E-state index contributed by atoms with van der Waals surface area (Å²) in [5, 5.41) is 5.51. The number of hydrogen-bond donors (Lipinski definition) is 2. The molecule has 1 atom stereocenters. The molecule has 1 heterocycles. The van der Waals surface area contributed by atoms with Crippen LogP contribution in [0.15, 0.2) is 18.2 Å². The highest BCUT2D eigenvalue weighted by Gasteiger charge is 2.22. The van der Waals surface area contributed by atoms with E-state index in [1.54, 1.807) is 26.4 Å². The van der Waals surface area contributed by atoms with E-state index in [2.05, 4.69) is 10.6 Å². The van der Waals surface area contributed by atoms with E-state index in [0.717, 1.165) is 5.56 Å². The van der Waals surface area contributed by atoms with Crippen molar-refractivity contribution >= 4 is 11.8 Å². The van der Waals surface area contributed by atoms with Crippen molar-refractivity contribution in [1.82, 2.24) is 10.6 Å². The van der Waals surface area contributed by atoms with Gasteiger partial charge in [-0.2, -0.15) is 0 Å². The predicted octanol–water partition coefficient (Wildman–Crippen LogP) is 0.251. The van der Waals surface area contributed by atoms with Gasteiger partial charge in [0.15, 0.2) is 11.5 Å². The molecule has 2 N–H and O–H groups in total. The van der Waals surface area contributed by atoms with Gasteiger partial charge < -0.3 is 20.1 Å². The van der Waals surface area contributed by atoms with Gasteiger partial charge in [0.05, 0.1) is 26.7 Å². The van der Waals surface area contributed by atoms with E-state index in [1.165, 1.54) is 0 Å². The van der Waals surface area contributed by atoms with Crippen molar-refractivity contribution in [2.75, 3.05) is 20.8 Å². The first kappa shape index (κ1) is 14.2. The number of benzene rings is 1. The molecule has 1 aliphatic heterocycles. The minimum absolute atomic E-state index is 0.0265. The van der Waals surface area contributed by atoms with Crippen LogP contribution < -0.4 is 20.1 Å². The molecule has 1 fully saturated rings. The molecule has 0 aliphatic carbocycles. The van der Waals surface area contributed by atoms with Crippen LogP contribution in [-0.2, 0) is 16.0 Å². The first-order chi connectivity index (χ1) is 9.62. The molecule has 0 bridgehead atoms. The van der Waals surface area contributed by atoms with Gasteiger partial charge in [-0.15, -0.1) is 0 Å². The van der Waals surface area contributed by atoms with Gasteiger partial charge in [-0.1, -0.05) is 6.07 Å². The average Bonchev–Trinajstić information content (AvgIpc) is 2.83. The summed E-state index contributed by atoms with van der Waals surface area (Å²) in [4.78, 5) is 23.0. The molecule has 1 aromatic carbocycles. The van der Waals surface area contributed by atoms with Crippen LogP contribution in [0.3, 0.4) is 0 Å². The Morgan fingerprint density at radius 1 is 1.35 bits per heavy atom. The van der Waals surface area contributed by atoms with Crippen molar-refractivity contribution in [3.63, 3.8) is 0 Å². The molecule has 1 aromatic rings. The Bertz CT molecular complexity index is 516. The van der Waals surface area contributed by atoms with E-state index in [1.807, 2.05) is 6.07 Å². The van der Waals surface area contributed by atoms with Crippen LogP contribution in [0.25, 0.3) is 0 Å². The lowest BCUT2D eigenvalue weighted by Gasteiger charge is -2.12. The van der Waals surface area contributed by atoms with Crippen LogP contribution in [0.2, 0.25) is 0 Å². The van der Waals surface area contributed by atoms with Gasteiger partial charge in [-0.25, -0.2) is 0 Å². The number of ether oxygens (including phenoxy) is 2. The molecular formula is C14H18N2O4. The van der Waals surface area contributed by atoms with Crippen LogP contribution in [0.4, 0.5) is 0 Å². The molecule has 6 heteroatoms. The summed E-state index contributed by atoms with van der Waals surface area (Å²) in [5.74, 6) is 1.08. The predicted molar refractivity (Wildman–Crippen MR) is 72.8 cm³/mol. The number of carbonyl (C=O) groups excluding carboxylic acids is 2. The number of hydrogen-bond acceptors (Lipinski definition) is 4. The fourth-order valence-electron chi connectivity index (χ4n) is 2.16. The van der Waals surface area contributed by atoms with Gasteiger partial charge in [0.2, 0.25) is 11.8 Å². The fraction of sp³-hybridized carbons (Fsp3) is 0.429. The normalized spacial score (nSPS) is 17.5. The first-order valence-electron chi connectivity index (χ1n) is 6.39. The zero-order valence-electron chi connectivity index (χ0n) is 11.6. The third-order valence-electron chi connectivity index (χ3n) is 3.16. The Morgan fingerprint density at radius 3 is 2.70 bits per heavy atom. The minimum Gasteiger partial charge on any atom is -0.493 e. The molecule has 1 saturated heterocycles. The second-order valence-electron chi connectivity index (χ2n) is 4.64. The molecule has 0 aromatic heterocycles. The lowest BCUT2D eigenvalue weighted by molar-refractivity contribution is -0.121. The number of rotatable bonds is 5. The van der Waals surface area contributed by atoms with Crippen molar-refractivity contribution in [1.29, 1.82) is 0 Å². The van der Waals surface area contributed by atoms with Gasteiger partial charge in [0, 0.05) is 13.0 Å². The maximum absolute atomic E-state index is 11.9. The maximum atomic E-state index is 11.9. The molecule has 2 amide bonds. The molecule has 108 valence electrons. The SMILES string of the molecule is COc1ccc(CC(=O)NC2CNC(=O)C2)cc1OC. The Morgan fingerprint density at radius 2 is 2.10 bits per heavy atom. The third kappa shape index (κ3) is 3.40. The van der Waals surface area contributed by atoms with Crippen molar-refractivity contribution in [2.24, 2.45) is 0 Å². The van der Waals surface area contributed by atoms with E-state index in [9.17, 15) is 9.59 Å². The number of nitrogens with one attached hydrogen (secondary N) is 2. The van der Waals surface area contributed by atoms with Crippen LogP contribution in [0.5, 0.6) is 11.5 Å². The summed E-state index contributed by atoms with van der Waals surface area (Å²) in [6.07, 6.45) is 0.586. The molecule has 0 radical (unpaired) electrons. The second-order valence-corrected chi connectivity index (χ2v) is 4.64. The summed E-state index contributed by atoms with van der Waals surface area (Å²) in [6.45, 7) is 0.497. The largest absolute Gasteiger partial charge is 0.493 e. The monoisotopic (exact) mass is 278 g/mol. The molecule has 0 spiro atoms. The number of methoxy groups -OCH3 is 2. The first-order valence-corrected chi connectivity index (χ1v) is 6.39. The van der Waals surface area contributed by atoms with Crippen LogP contribution in [0.1, 0.15) is 12.0 Å². The van der Waals surface area contributed by atoms with Gasteiger partial charge in [-0.05, 0) is 17.7 Å². The minimum atomic E-state index is -0.116. The van der Waals surface area contributed by atoms with E-state index < -0.39 is 0 Å². The lowest BCUT2D eigenvalue weighted by atomic mass is 10.1. The van der Waals surface area contributed by atoms with Crippen molar-refractivity contribution in [2.45, 2.75) is 18.9 Å². The summed E-state index contributed by atoms with van der Waals surface area (Å²) in [5.41, 5.74) is 0.831. The molecule has 1 unspecified atom stereocenters. The summed E-state index contributed by atoms with van der Waals surface area (Å²) >= 11 is 0. The van der Waals surface area contributed by atoms with Crippen LogP contribution >= 0.6 is 0 Å². The highest BCUT2D eigenvalue weighted by molar-refractivity contribution is 5.83. The van der Waals surface area contributed by atoms with Crippen molar-refractivity contribution < 1.29 is 19.1 Å². The smallest absolute Gasteiger partial charge is 0.224 e. The van der Waals surface area contributed by atoms with Crippen molar-refractivity contribution in [3.8, 4) is 11.5 Å². The highest BCUT2D eigenvalue weighted by Crippen LogP contribution is 2.27. The molecule has 1 aliphatic rings. The summed E-state index contributed by atoms with van der Waals surface area (Å²) in [7, 11) is 3.12. The highest BCUT2D eigenvalue weighted by atomic mass is 16.5. The van der Waals surface area contributed by atoms with Gasteiger partial charge in [-0.3, -0.25) is 9.59 Å². The van der Waals surface area contributed by atoms with Gasteiger partial charge in [0.25, 0.3) is 0 Å².